The third-order valence-corrected chi connectivity index (χ3v) is 3.84. The van der Waals surface area contributed by atoms with E-state index < -0.39 is 6.04 Å². The van der Waals surface area contributed by atoms with Crippen molar-refractivity contribution in [1.82, 2.24) is 5.32 Å². The number of ether oxygens (including phenoxy) is 2. The fraction of sp³-hybridized carbons (Fsp3) is 0.300. The van der Waals surface area contributed by atoms with Crippen molar-refractivity contribution in [2.24, 2.45) is 0 Å². The first-order chi connectivity index (χ1) is 12.0. The highest BCUT2D eigenvalue weighted by Gasteiger charge is 2.20. The molecule has 0 heterocycles. The summed E-state index contributed by atoms with van der Waals surface area (Å²) in [4.78, 5) is 23.8. The monoisotopic (exact) mass is 341 g/mol. The Morgan fingerprint density at radius 1 is 1.00 bits per heavy atom. The summed E-state index contributed by atoms with van der Waals surface area (Å²) in [6.07, 6.45) is -0.286. The topological polar surface area (TPSA) is 64.6 Å². The van der Waals surface area contributed by atoms with Crippen LogP contribution in [0.4, 0.5) is 0 Å². The molecule has 5 heteroatoms. The first-order valence-corrected chi connectivity index (χ1v) is 8.15. The summed E-state index contributed by atoms with van der Waals surface area (Å²) in [7, 11) is 1.59. The van der Waals surface area contributed by atoms with Gasteiger partial charge in [0.1, 0.15) is 11.9 Å². The molecule has 25 heavy (non-hydrogen) atoms. The minimum Gasteiger partial charge on any atom is -0.497 e. The summed E-state index contributed by atoms with van der Waals surface area (Å²) in [5.41, 5.74) is 1.75. The molecule has 2 aromatic rings. The van der Waals surface area contributed by atoms with Crippen molar-refractivity contribution in [2.75, 3.05) is 7.11 Å². The zero-order valence-corrected chi connectivity index (χ0v) is 14.7. The number of carbonyl (C=O) groups is 2. The number of methoxy groups -OCH3 is 1. The standard InChI is InChI=1S/C20H23NO4/c1-14(16-7-5-4-6-8-16)25-20(23)13-19(21-15(2)22)17-9-11-18(24-3)12-10-17/h4-12,14,19H,13H2,1-3H3,(H,21,22). The fourth-order valence-corrected chi connectivity index (χ4v) is 2.54. The van der Waals surface area contributed by atoms with Gasteiger partial charge in [-0.05, 0) is 30.2 Å². The number of amides is 1. The first-order valence-electron chi connectivity index (χ1n) is 8.15. The molecule has 0 aliphatic carbocycles. The summed E-state index contributed by atoms with van der Waals surface area (Å²) < 4.78 is 10.6. The minimum absolute atomic E-state index is 0.0586. The maximum Gasteiger partial charge on any atom is 0.308 e. The van der Waals surface area contributed by atoms with Crippen LogP contribution in [0.3, 0.4) is 0 Å². The van der Waals surface area contributed by atoms with Gasteiger partial charge in [-0.25, -0.2) is 0 Å². The van der Waals surface area contributed by atoms with Crippen molar-refractivity contribution in [3.8, 4) is 5.75 Å². The van der Waals surface area contributed by atoms with Gasteiger partial charge in [0.25, 0.3) is 0 Å². The first kappa shape index (κ1) is 18.5. The van der Waals surface area contributed by atoms with Crippen LogP contribution in [0.5, 0.6) is 5.75 Å². The molecule has 1 N–H and O–H groups in total. The molecule has 2 aromatic carbocycles. The van der Waals surface area contributed by atoms with Crippen LogP contribution in [0.25, 0.3) is 0 Å². The number of carbonyl (C=O) groups excluding carboxylic acids is 2. The van der Waals surface area contributed by atoms with E-state index >= 15 is 0 Å². The average molecular weight is 341 g/mol. The van der Waals surface area contributed by atoms with Crippen molar-refractivity contribution >= 4 is 11.9 Å². The molecule has 0 aliphatic heterocycles. The third-order valence-electron chi connectivity index (χ3n) is 3.84. The lowest BCUT2D eigenvalue weighted by Crippen LogP contribution is -2.28. The van der Waals surface area contributed by atoms with E-state index in [0.717, 1.165) is 11.1 Å². The third kappa shape index (κ3) is 5.64. The fourth-order valence-electron chi connectivity index (χ4n) is 2.54. The molecule has 1 amide bonds. The second-order valence-electron chi connectivity index (χ2n) is 5.77. The van der Waals surface area contributed by atoms with Gasteiger partial charge in [-0.1, -0.05) is 42.5 Å². The van der Waals surface area contributed by atoms with Crippen molar-refractivity contribution in [1.29, 1.82) is 0 Å². The van der Waals surface area contributed by atoms with E-state index in [0.29, 0.717) is 5.75 Å². The molecule has 0 fully saturated rings. The van der Waals surface area contributed by atoms with Crippen LogP contribution in [0.15, 0.2) is 54.6 Å². The Labute approximate surface area is 148 Å². The van der Waals surface area contributed by atoms with E-state index in [4.69, 9.17) is 9.47 Å². The van der Waals surface area contributed by atoms with Gasteiger partial charge in [-0.3, -0.25) is 9.59 Å². The highest BCUT2D eigenvalue weighted by molar-refractivity contribution is 5.76. The van der Waals surface area contributed by atoms with Gasteiger partial charge in [0.2, 0.25) is 5.91 Å². The molecule has 2 unspecified atom stereocenters. The van der Waals surface area contributed by atoms with E-state index in [-0.39, 0.29) is 24.4 Å². The Balaban J connectivity index is 2.05. The van der Waals surface area contributed by atoms with Crippen LogP contribution >= 0.6 is 0 Å². The van der Waals surface area contributed by atoms with Gasteiger partial charge in [-0.2, -0.15) is 0 Å². The van der Waals surface area contributed by atoms with E-state index in [9.17, 15) is 9.59 Å². The van der Waals surface area contributed by atoms with E-state index in [2.05, 4.69) is 5.32 Å². The number of nitrogens with one attached hydrogen (secondary N) is 1. The van der Waals surface area contributed by atoms with Crippen LogP contribution in [0, 0.1) is 0 Å². The average Bonchev–Trinajstić information content (AvgIpc) is 2.61. The predicted molar refractivity (Wildman–Crippen MR) is 95.1 cm³/mol. The molecule has 0 aliphatic rings. The van der Waals surface area contributed by atoms with E-state index in [1.807, 2.05) is 49.4 Å². The molecular weight excluding hydrogens is 318 g/mol. The van der Waals surface area contributed by atoms with Gasteiger partial charge < -0.3 is 14.8 Å². The molecule has 0 spiro atoms. The normalized spacial score (nSPS) is 12.8. The van der Waals surface area contributed by atoms with Crippen LogP contribution in [0.2, 0.25) is 0 Å². The van der Waals surface area contributed by atoms with Gasteiger partial charge in [0.15, 0.2) is 0 Å². The molecule has 0 saturated carbocycles. The Hall–Kier alpha value is -2.82. The van der Waals surface area contributed by atoms with Crippen molar-refractivity contribution < 1.29 is 19.1 Å². The SMILES string of the molecule is COc1ccc(C(CC(=O)OC(C)c2ccccc2)NC(C)=O)cc1. The lowest BCUT2D eigenvalue weighted by Gasteiger charge is -2.20. The van der Waals surface area contributed by atoms with Crippen molar-refractivity contribution in [2.45, 2.75) is 32.4 Å². The van der Waals surface area contributed by atoms with Crippen LogP contribution in [-0.4, -0.2) is 19.0 Å². The summed E-state index contributed by atoms with van der Waals surface area (Å²) in [6.45, 7) is 3.25. The molecule has 2 rings (SSSR count). The number of benzene rings is 2. The van der Waals surface area contributed by atoms with Crippen LogP contribution in [-0.2, 0) is 14.3 Å². The summed E-state index contributed by atoms with van der Waals surface area (Å²) in [5, 5.41) is 2.80. The molecule has 5 nitrogen and oxygen atoms in total. The summed E-state index contributed by atoms with van der Waals surface area (Å²) in [6, 6.07) is 16.3. The van der Waals surface area contributed by atoms with E-state index in [1.165, 1.54) is 6.92 Å². The van der Waals surface area contributed by atoms with Gasteiger partial charge in [-0.15, -0.1) is 0 Å². The maximum atomic E-state index is 12.3. The smallest absolute Gasteiger partial charge is 0.308 e. The summed E-state index contributed by atoms with van der Waals surface area (Å²) in [5.74, 6) is 0.140. The zero-order valence-electron chi connectivity index (χ0n) is 14.7. The Bertz CT molecular complexity index is 697. The Morgan fingerprint density at radius 2 is 1.64 bits per heavy atom. The lowest BCUT2D eigenvalue weighted by molar-refractivity contribution is -0.149. The van der Waals surface area contributed by atoms with Gasteiger partial charge in [0, 0.05) is 6.92 Å². The Kier molecular flexibility index (Phi) is 6.57. The maximum absolute atomic E-state index is 12.3. The van der Waals surface area contributed by atoms with E-state index in [1.54, 1.807) is 19.2 Å². The van der Waals surface area contributed by atoms with Crippen molar-refractivity contribution in [3.05, 3.63) is 65.7 Å². The zero-order chi connectivity index (χ0) is 18.2. The number of hydrogen-bond acceptors (Lipinski definition) is 4. The molecule has 2 atom stereocenters. The highest BCUT2D eigenvalue weighted by atomic mass is 16.5. The largest absolute Gasteiger partial charge is 0.497 e. The van der Waals surface area contributed by atoms with Crippen LogP contribution < -0.4 is 10.1 Å². The second kappa shape index (κ2) is 8.87. The summed E-state index contributed by atoms with van der Waals surface area (Å²) >= 11 is 0. The highest BCUT2D eigenvalue weighted by Crippen LogP contribution is 2.23. The molecule has 132 valence electrons. The quantitative estimate of drug-likeness (QED) is 0.782. The van der Waals surface area contributed by atoms with Gasteiger partial charge in [0.05, 0.1) is 19.6 Å². The molecule has 0 bridgehead atoms. The number of rotatable bonds is 7. The van der Waals surface area contributed by atoms with Gasteiger partial charge >= 0.3 is 5.97 Å². The predicted octanol–water partition coefficient (Wildman–Crippen LogP) is 3.57. The second-order valence-corrected chi connectivity index (χ2v) is 5.77. The van der Waals surface area contributed by atoms with Crippen LogP contribution in [0.1, 0.15) is 43.5 Å². The molecule has 0 radical (unpaired) electrons. The molecule has 0 saturated heterocycles. The lowest BCUT2D eigenvalue weighted by atomic mass is 10.0. The molecular formula is C20H23NO4. The number of hydrogen-bond donors (Lipinski definition) is 1. The minimum atomic E-state index is -0.445. The molecule has 0 aromatic heterocycles. The number of esters is 1. The van der Waals surface area contributed by atoms with Crippen molar-refractivity contribution in [3.63, 3.8) is 0 Å². The Morgan fingerprint density at radius 3 is 2.20 bits per heavy atom.